The van der Waals surface area contributed by atoms with Gasteiger partial charge in [-0.25, -0.2) is 17.7 Å². The molecule has 0 unspecified atom stereocenters. The molecule has 0 bridgehead atoms. The van der Waals surface area contributed by atoms with Crippen LogP contribution in [0, 0.1) is 0 Å². The van der Waals surface area contributed by atoms with Gasteiger partial charge in [0.15, 0.2) is 22.1 Å². The Morgan fingerprint density at radius 3 is 2.42 bits per heavy atom. The van der Waals surface area contributed by atoms with E-state index >= 15 is 0 Å². The Kier molecular flexibility index (Phi) is 6.45. The molecule has 0 saturated carbocycles. The van der Waals surface area contributed by atoms with Crippen LogP contribution in [-0.2, 0) is 9.84 Å². The zero-order valence-electron chi connectivity index (χ0n) is 18.4. The van der Waals surface area contributed by atoms with E-state index in [1.807, 2.05) is 0 Å². The van der Waals surface area contributed by atoms with Crippen LogP contribution in [0.2, 0.25) is 0 Å². The number of alkyl halides is 3. The largest absolute Gasteiger partial charge is 0.482 e. The van der Waals surface area contributed by atoms with E-state index in [1.165, 1.54) is 16.6 Å². The van der Waals surface area contributed by atoms with Gasteiger partial charge < -0.3 is 15.2 Å². The summed E-state index contributed by atoms with van der Waals surface area (Å²) in [6, 6.07) is 13.6. The summed E-state index contributed by atoms with van der Waals surface area (Å²) in [6.07, 6.45) is -3.20. The molecule has 2 heterocycles. The number of amides is 1. The topological polar surface area (TPSA) is 135 Å². The number of rotatable bonds is 7. The van der Waals surface area contributed by atoms with Crippen molar-refractivity contribution in [3.8, 4) is 16.9 Å². The van der Waals surface area contributed by atoms with Gasteiger partial charge in [-0.3, -0.25) is 5.32 Å². The van der Waals surface area contributed by atoms with Gasteiger partial charge in [-0.15, -0.1) is 5.10 Å². The van der Waals surface area contributed by atoms with Crippen molar-refractivity contribution < 1.29 is 36.2 Å². The number of carbonyl (C=O) groups is 1. The molecule has 2 aromatic heterocycles. The highest BCUT2D eigenvalue weighted by atomic mass is 32.2. The predicted molar refractivity (Wildman–Crippen MR) is 124 cm³/mol. The molecule has 4 aromatic rings. The Labute approximate surface area is 202 Å². The smallest absolute Gasteiger partial charge is 0.422 e. The monoisotopic (exact) mass is 521 g/mol. The van der Waals surface area contributed by atoms with Crippen LogP contribution in [-0.4, -0.2) is 53.3 Å². The van der Waals surface area contributed by atoms with Crippen molar-refractivity contribution in [2.45, 2.75) is 11.1 Å². The van der Waals surface area contributed by atoms with E-state index < -0.39 is 28.7 Å². The summed E-state index contributed by atoms with van der Waals surface area (Å²) in [5.41, 5.74) is 2.40. The minimum Gasteiger partial charge on any atom is -0.482 e. The van der Waals surface area contributed by atoms with Crippen LogP contribution in [0.25, 0.3) is 16.8 Å². The molecule has 1 amide bonds. The third-order valence-corrected chi connectivity index (χ3v) is 5.93. The van der Waals surface area contributed by atoms with E-state index in [2.05, 4.69) is 20.7 Å². The van der Waals surface area contributed by atoms with Crippen molar-refractivity contribution in [1.82, 2.24) is 14.6 Å². The van der Waals surface area contributed by atoms with Gasteiger partial charge in [0.05, 0.1) is 10.6 Å². The maximum Gasteiger partial charge on any atom is 0.422 e. The molecule has 3 N–H and O–H groups in total. The van der Waals surface area contributed by atoms with Crippen LogP contribution in [0.1, 0.15) is 0 Å². The second-order valence-electron chi connectivity index (χ2n) is 7.62. The Morgan fingerprint density at radius 2 is 1.78 bits per heavy atom. The zero-order valence-corrected chi connectivity index (χ0v) is 19.3. The van der Waals surface area contributed by atoms with Crippen LogP contribution in [0.5, 0.6) is 5.75 Å². The standard InChI is InChI=1S/C22H18F3N5O5S/c1-36(33,34)16-7-8-17(18(10-16)35-12-22(23,24)25)27-20-28-19-9-4-14(11-30(19)29-20)13-2-5-15(6-3-13)26-21(31)32/h2-11,26H,12H2,1H3,(H,27,29)(H,31,32). The highest BCUT2D eigenvalue weighted by Crippen LogP contribution is 2.32. The molecule has 0 fully saturated rings. The number of pyridine rings is 1. The Morgan fingerprint density at radius 1 is 1.08 bits per heavy atom. The van der Waals surface area contributed by atoms with E-state index in [0.717, 1.165) is 23.4 Å². The van der Waals surface area contributed by atoms with Gasteiger partial charge >= 0.3 is 12.3 Å². The summed E-state index contributed by atoms with van der Waals surface area (Å²) in [6.45, 7) is -1.61. The number of benzene rings is 2. The van der Waals surface area contributed by atoms with E-state index in [9.17, 15) is 26.4 Å². The number of halogens is 3. The minimum absolute atomic E-state index is 0.0390. The van der Waals surface area contributed by atoms with Gasteiger partial charge in [0.2, 0.25) is 5.95 Å². The number of aromatic nitrogens is 3. The maximum absolute atomic E-state index is 12.7. The fourth-order valence-corrected chi connectivity index (χ4v) is 3.85. The normalized spacial score (nSPS) is 11.9. The lowest BCUT2D eigenvalue weighted by atomic mass is 10.1. The van der Waals surface area contributed by atoms with Crippen molar-refractivity contribution in [3.63, 3.8) is 0 Å². The molecule has 0 aliphatic rings. The lowest BCUT2D eigenvalue weighted by Crippen LogP contribution is -2.19. The first-order chi connectivity index (χ1) is 16.9. The highest BCUT2D eigenvalue weighted by Gasteiger charge is 2.29. The van der Waals surface area contributed by atoms with Gasteiger partial charge in [0.1, 0.15) is 5.75 Å². The molecule has 0 saturated heterocycles. The van der Waals surface area contributed by atoms with Gasteiger partial charge in [-0.05, 0) is 42.0 Å². The van der Waals surface area contributed by atoms with Crippen molar-refractivity contribution >= 4 is 38.9 Å². The predicted octanol–water partition coefficient (Wildman–Crippen LogP) is 4.57. The van der Waals surface area contributed by atoms with E-state index in [-0.39, 0.29) is 22.3 Å². The molecule has 0 spiro atoms. The number of fused-ring (bicyclic) bond motifs is 1. The van der Waals surface area contributed by atoms with Gasteiger partial charge in [-0.1, -0.05) is 12.1 Å². The van der Waals surface area contributed by atoms with Gasteiger partial charge in [0, 0.05) is 29.8 Å². The average Bonchev–Trinajstić information content (AvgIpc) is 3.18. The fraction of sp³-hybridized carbons (Fsp3) is 0.136. The molecule has 14 heteroatoms. The molecule has 0 atom stereocenters. The number of nitrogens with one attached hydrogen (secondary N) is 2. The lowest BCUT2D eigenvalue weighted by Gasteiger charge is -2.14. The lowest BCUT2D eigenvalue weighted by molar-refractivity contribution is -0.153. The van der Waals surface area contributed by atoms with E-state index in [4.69, 9.17) is 9.84 Å². The third-order valence-electron chi connectivity index (χ3n) is 4.82. The molecular weight excluding hydrogens is 503 g/mol. The second-order valence-corrected chi connectivity index (χ2v) is 9.64. The number of ether oxygens (including phenoxy) is 1. The number of nitrogens with zero attached hydrogens (tertiary/aromatic N) is 3. The molecule has 4 rings (SSSR count). The Balaban J connectivity index is 1.61. The number of sulfone groups is 1. The number of hydrogen-bond acceptors (Lipinski definition) is 7. The molecule has 0 radical (unpaired) electrons. The fourth-order valence-electron chi connectivity index (χ4n) is 3.21. The molecule has 0 aliphatic carbocycles. The highest BCUT2D eigenvalue weighted by molar-refractivity contribution is 7.90. The molecule has 2 aromatic carbocycles. The van der Waals surface area contributed by atoms with Crippen LogP contribution in [0.3, 0.4) is 0 Å². The minimum atomic E-state index is -4.63. The Hall–Kier alpha value is -4.33. The van der Waals surface area contributed by atoms with Crippen molar-refractivity contribution in [2.24, 2.45) is 0 Å². The van der Waals surface area contributed by atoms with Gasteiger partial charge in [-0.2, -0.15) is 18.2 Å². The molecule has 10 nitrogen and oxygen atoms in total. The summed E-state index contributed by atoms with van der Waals surface area (Å²) in [7, 11) is -3.69. The van der Waals surface area contributed by atoms with Crippen molar-refractivity contribution in [3.05, 3.63) is 60.8 Å². The van der Waals surface area contributed by atoms with Crippen LogP contribution >= 0.6 is 0 Å². The summed E-state index contributed by atoms with van der Waals surface area (Å²) in [5, 5.41) is 18.1. The Bertz CT molecular complexity index is 1540. The number of hydrogen-bond donors (Lipinski definition) is 3. The first kappa shape index (κ1) is 24.8. The first-order valence-electron chi connectivity index (χ1n) is 10.1. The third kappa shape index (κ3) is 6.02. The van der Waals surface area contributed by atoms with Crippen LogP contribution in [0.15, 0.2) is 65.7 Å². The average molecular weight is 521 g/mol. The number of carboxylic acid groups (broad SMARTS) is 1. The summed E-state index contributed by atoms with van der Waals surface area (Å²) < 4.78 is 68.1. The molecule has 0 aliphatic heterocycles. The molecule has 188 valence electrons. The summed E-state index contributed by atoms with van der Waals surface area (Å²) in [5.74, 6) is -0.290. The summed E-state index contributed by atoms with van der Waals surface area (Å²) >= 11 is 0. The summed E-state index contributed by atoms with van der Waals surface area (Å²) in [4.78, 5) is 14.8. The second kappa shape index (κ2) is 9.37. The van der Waals surface area contributed by atoms with E-state index in [0.29, 0.717) is 11.3 Å². The van der Waals surface area contributed by atoms with Crippen LogP contribution in [0.4, 0.5) is 35.3 Å². The zero-order chi connectivity index (χ0) is 26.1. The van der Waals surface area contributed by atoms with E-state index in [1.54, 1.807) is 42.6 Å². The maximum atomic E-state index is 12.7. The van der Waals surface area contributed by atoms with Crippen molar-refractivity contribution in [1.29, 1.82) is 0 Å². The van der Waals surface area contributed by atoms with Gasteiger partial charge in [0.25, 0.3) is 0 Å². The quantitative estimate of drug-likeness (QED) is 0.322. The van der Waals surface area contributed by atoms with Crippen molar-refractivity contribution in [2.75, 3.05) is 23.5 Å². The first-order valence-corrected chi connectivity index (χ1v) is 12.0. The molecule has 36 heavy (non-hydrogen) atoms. The van der Waals surface area contributed by atoms with Crippen LogP contribution < -0.4 is 15.4 Å². The molecular formula is C22H18F3N5O5S. The SMILES string of the molecule is CS(=O)(=O)c1ccc(Nc2nc3ccc(-c4ccc(NC(=O)O)cc4)cn3n2)c(OCC(F)(F)F)c1. The number of anilines is 3.